The number of sulfone groups is 1. The predicted molar refractivity (Wildman–Crippen MR) is 123 cm³/mol. The first kappa shape index (κ1) is 22.7. The molecule has 0 aliphatic rings. The van der Waals surface area contributed by atoms with E-state index < -0.39 is 15.1 Å². The molecule has 0 saturated carbocycles. The van der Waals surface area contributed by atoms with Gasteiger partial charge in [-0.3, -0.25) is 9.48 Å². The van der Waals surface area contributed by atoms with E-state index in [1.165, 1.54) is 0 Å². The minimum Gasteiger partial charge on any atom is -0.354 e. The van der Waals surface area contributed by atoms with E-state index in [-0.39, 0.29) is 17.2 Å². The van der Waals surface area contributed by atoms with Crippen LogP contribution in [0.1, 0.15) is 30.8 Å². The Morgan fingerprint density at radius 2 is 1.68 bits per heavy atom. The molecule has 0 unspecified atom stereocenters. The molecule has 0 radical (unpaired) electrons. The van der Waals surface area contributed by atoms with Crippen molar-refractivity contribution in [3.8, 4) is 11.1 Å². The maximum Gasteiger partial charge on any atom is 0.224 e. The van der Waals surface area contributed by atoms with E-state index in [4.69, 9.17) is 0 Å². The van der Waals surface area contributed by atoms with Crippen LogP contribution in [0, 0.1) is 13.8 Å². The molecule has 0 fully saturated rings. The molecule has 1 amide bonds. The lowest BCUT2D eigenvalue weighted by Gasteiger charge is -2.10. The molecule has 3 aromatic rings. The number of benzene rings is 2. The van der Waals surface area contributed by atoms with Crippen molar-refractivity contribution in [2.75, 3.05) is 6.54 Å². The van der Waals surface area contributed by atoms with E-state index in [1.807, 2.05) is 36.7 Å². The largest absolute Gasteiger partial charge is 0.354 e. The summed E-state index contributed by atoms with van der Waals surface area (Å²) in [6.45, 7) is 8.39. The second-order valence-electron chi connectivity index (χ2n) is 7.90. The molecule has 1 aromatic heterocycles. The molecule has 1 heterocycles. The normalized spacial score (nSPS) is 11.6. The second-order valence-corrected chi connectivity index (χ2v) is 10.4. The van der Waals surface area contributed by atoms with Gasteiger partial charge in [0.25, 0.3) is 0 Å². The van der Waals surface area contributed by atoms with Crippen LogP contribution in [0.25, 0.3) is 11.1 Å². The van der Waals surface area contributed by atoms with Crippen molar-refractivity contribution < 1.29 is 13.2 Å². The molecule has 0 saturated heterocycles. The highest BCUT2D eigenvalue weighted by Gasteiger charge is 2.19. The Balaban J connectivity index is 1.57. The summed E-state index contributed by atoms with van der Waals surface area (Å²) in [7, 11) is -3.30. The highest BCUT2D eigenvalue weighted by molar-refractivity contribution is 7.92. The summed E-state index contributed by atoms with van der Waals surface area (Å²) in [4.78, 5) is 12.6. The zero-order valence-electron chi connectivity index (χ0n) is 18.4. The average molecular weight is 440 g/mol. The van der Waals surface area contributed by atoms with Gasteiger partial charge in [0.15, 0.2) is 9.84 Å². The van der Waals surface area contributed by atoms with Crippen LogP contribution in [-0.2, 0) is 27.6 Å². The maximum atomic E-state index is 12.3. The van der Waals surface area contributed by atoms with E-state index in [9.17, 15) is 13.2 Å². The van der Waals surface area contributed by atoms with Gasteiger partial charge in [-0.05, 0) is 51.0 Å². The van der Waals surface area contributed by atoms with Gasteiger partial charge in [-0.2, -0.15) is 5.10 Å². The van der Waals surface area contributed by atoms with Gasteiger partial charge in [-0.15, -0.1) is 0 Å². The molecule has 164 valence electrons. The van der Waals surface area contributed by atoms with Crippen molar-refractivity contribution in [3.05, 3.63) is 71.5 Å². The van der Waals surface area contributed by atoms with E-state index >= 15 is 0 Å². The van der Waals surface area contributed by atoms with Gasteiger partial charge in [-0.25, -0.2) is 8.42 Å². The zero-order chi connectivity index (χ0) is 22.6. The lowest BCUT2D eigenvalue weighted by molar-refractivity contribution is -0.120. The van der Waals surface area contributed by atoms with Gasteiger partial charge in [0.2, 0.25) is 5.91 Å². The van der Waals surface area contributed by atoms with Crippen LogP contribution in [0.5, 0.6) is 0 Å². The van der Waals surface area contributed by atoms with E-state index in [1.54, 1.807) is 38.1 Å². The van der Waals surface area contributed by atoms with Gasteiger partial charge in [0, 0.05) is 17.8 Å². The number of carbonyl (C=O) groups excluding carboxylic acids is 1. The van der Waals surface area contributed by atoms with Crippen molar-refractivity contribution in [2.45, 2.75) is 50.8 Å². The van der Waals surface area contributed by atoms with Crippen molar-refractivity contribution >= 4 is 15.7 Å². The van der Waals surface area contributed by atoms with Crippen LogP contribution in [0.4, 0.5) is 0 Å². The number of carbonyl (C=O) groups is 1. The summed E-state index contributed by atoms with van der Waals surface area (Å²) in [6.07, 6.45) is 0.203. The van der Waals surface area contributed by atoms with Crippen molar-refractivity contribution in [1.82, 2.24) is 15.1 Å². The fourth-order valence-electron chi connectivity index (χ4n) is 3.56. The summed E-state index contributed by atoms with van der Waals surface area (Å²) in [6, 6.07) is 16.7. The third-order valence-corrected chi connectivity index (χ3v) is 7.50. The third kappa shape index (κ3) is 5.22. The average Bonchev–Trinajstić information content (AvgIpc) is 3.02. The molecule has 1 N–H and O–H groups in total. The van der Waals surface area contributed by atoms with E-state index in [0.29, 0.717) is 13.1 Å². The number of amides is 1. The SMILES string of the molecule is Cc1nn(CCNC(=O)Cc2ccc(S(=O)(=O)C(C)C)cc2)c(C)c1-c1ccccc1. The molecular formula is C24H29N3O3S. The Labute approximate surface area is 184 Å². The van der Waals surface area contributed by atoms with Crippen molar-refractivity contribution in [2.24, 2.45) is 0 Å². The Kier molecular flexibility index (Phi) is 6.95. The van der Waals surface area contributed by atoms with Crippen molar-refractivity contribution in [1.29, 1.82) is 0 Å². The van der Waals surface area contributed by atoms with Crippen LogP contribution in [-0.4, -0.2) is 35.9 Å². The third-order valence-electron chi connectivity index (χ3n) is 5.33. The molecule has 0 aliphatic carbocycles. The van der Waals surface area contributed by atoms with Crippen LogP contribution in [0.2, 0.25) is 0 Å². The topological polar surface area (TPSA) is 81.1 Å². The Morgan fingerprint density at radius 3 is 2.29 bits per heavy atom. The summed E-state index contributed by atoms with van der Waals surface area (Å²) >= 11 is 0. The van der Waals surface area contributed by atoms with Gasteiger partial charge >= 0.3 is 0 Å². The Bertz CT molecular complexity index is 1150. The molecule has 7 heteroatoms. The van der Waals surface area contributed by atoms with Gasteiger partial charge < -0.3 is 5.32 Å². The Hall–Kier alpha value is -2.93. The Morgan fingerprint density at radius 1 is 1.03 bits per heavy atom. The van der Waals surface area contributed by atoms with Gasteiger partial charge in [0.1, 0.15) is 0 Å². The predicted octanol–water partition coefficient (Wildman–Crippen LogP) is 3.71. The van der Waals surface area contributed by atoms with E-state index in [0.717, 1.165) is 28.1 Å². The highest BCUT2D eigenvalue weighted by Crippen LogP contribution is 2.26. The molecular weight excluding hydrogens is 410 g/mol. The highest BCUT2D eigenvalue weighted by atomic mass is 32.2. The molecule has 2 aromatic carbocycles. The minimum atomic E-state index is -3.30. The smallest absolute Gasteiger partial charge is 0.224 e. The summed E-state index contributed by atoms with van der Waals surface area (Å²) in [5, 5.41) is 7.07. The fraction of sp³-hybridized carbons (Fsp3) is 0.333. The number of hydrogen-bond acceptors (Lipinski definition) is 4. The number of rotatable bonds is 8. The van der Waals surface area contributed by atoms with Gasteiger partial charge in [-0.1, -0.05) is 42.5 Å². The monoisotopic (exact) mass is 439 g/mol. The van der Waals surface area contributed by atoms with E-state index in [2.05, 4.69) is 22.5 Å². The summed E-state index contributed by atoms with van der Waals surface area (Å²) < 4.78 is 26.3. The molecule has 0 atom stereocenters. The number of nitrogens with zero attached hydrogens (tertiary/aromatic N) is 2. The van der Waals surface area contributed by atoms with Gasteiger partial charge in [0.05, 0.1) is 28.8 Å². The molecule has 6 nitrogen and oxygen atoms in total. The lowest BCUT2D eigenvalue weighted by Crippen LogP contribution is -2.29. The number of aryl methyl sites for hydroxylation is 1. The standard InChI is InChI=1S/C24H29N3O3S/c1-17(2)31(29,30)22-12-10-20(11-13-22)16-23(28)25-14-15-27-19(4)24(18(3)26-27)21-8-6-5-7-9-21/h5-13,17H,14-16H2,1-4H3,(H,25,28). The number of nitrogens with one attached hydrogen (secondary N) is 1. The first-order valence-electron chi connectivity index (χ1n) is 10.4. The molecule has 0 spiro atoms. The van der Waals surface area contributed by atoms with Crippen LogP contribution in [0.15, 0.2) is 59.5 Å². The van der Waals surface area contributed by atoms with Crippen LogP contribution < -0.4 is 5.32 Å². The molecule has 3 rings (SSSR count). The van der Waals surface area contributed by atoms with Crippen LogP contribution >= 0.6 is 0 Å². The van der Waals surface area contributed by atoms with Crippen LogP contribution in [0.3, 0.4) is 0 Å². The second kappa shape index (κ2) is 9.47. The minimum absolute atomic E-state index is 0.107. The summed E-state index contributed by atoms with van der Waals surface area (Å²) in [5.74, 6) is -0.107. The molecule has 31 heavy (non-hydrogen) atoms. The number of aromatic nitrogens is 2. The lowest BCUT2D eigenvalue weighted by atomic mass is 10.0. The van der Waals surface area contributed by atoms with Crippen molar-refractivity contribution in [3.63, 3.8) is 0 Å². The molecule has 0 bridgehead atoms. The quantitative estimate of drug-likeness (QED) is 0.580. The molecule has 0 aliphatic heterocycles. The first-order chi connectivity index (χ1) is 14.7. The summed E-state index contributed by atoms with van der Waals surface area (Å²) in [5.41, 5.74) is 5.07. The fourth-order valence-corrected chi connectivity index (χ4v) is 4.62. The first-order valence-corrected chi connectivity index (χ1v) is 11.9. The number of hydrogen-bond donors (Lipinski definition) is 1. The zero-order valence-corrected chi connectivity index (χ0v) is 19.2. The maximum absolute atomic E-state index is 12.3.